The van der Waals surface area contributed by atoms with Gasteiger partial charge in [0.2, 0.25) is 0 Å². The largest absolute Gasteiger partial charge is 0.387 e. The molecule has 0 saturated carbocycles. The van der Waals surface area contributed by atoms with Crippen LogP contribution in [0.2, 0.25) is 0 Å². The first-order valence-electron chi connectivity index (χ1n) is 10.5. The van der Waals surface area contributed by atoms with Gasteiger partial charge in [-0.15, -0.1) is 0 Å². The van der Waals surface area contributed by atoms with Crippen molar-refractivity contribution in [3.63, 3.8) is 0 Å². The van der Waals surface area contributed by atoms with Gasteiger partial charge in [0.05, 0.1) is 0 Å². The summed E-state index contributed by atoms with van der Waals surface area (Å²) in [5, 5.41) is 15.7. The van der Waals surface area contributed by atoms with E-state index >= 15 is 0 Å². The van der Waals surface area contributed by atoms with Gasteiger partial charge in [-0.25, -0.2) is 0 Å². The molecule has 30 heavy (non-hydrogen) atoms. The van der Waals surface area contributed by atoms with Crippen LogP contribution in [0, 0.1) is 32.1 Å². The average molecular weight is 403 g/mol. The number of carbonyl (C=O) groups is 1. The Hall–Kier alpha value is -3.10. The second kappa shape index (κ2) is 10.1. The summed E-state index contributed by atoms with van der Waals surface area (Å²) in [5.41, 5.74) is 5.35. The quantitative estimate of drug-likeness (QED) is 0.561. The maximum absolute atomic E-state index is 12.6. The summed E-state index contributed by atoms with van der Waals surface area (Å²) in [6.07, 6.45) is 3.55. The summed E-state index contributed by atoms with van der Waals surface area (Å²) >= 11 is 0. The summed E-state index contributed by atoms with van der Waals surface area (Å²) in [5.74, 6) is -0.374. The molecule has 1 aliphatic heterocycles. The Bertz CT molecular complexity index is 928. The zero-order chi connectivity index (χ0) is 21.5. The maximum atomic E-state index is 12.6. The third-order valence-corrected chi connectivity index (χ3v) is 5.58. The molecule has 1 fully saturated rings. The molecule has 5 heteroatoms. The second-order valence-electron chi connectivity index (χ2n) is 8.10. The molecule has 2 N–H and O–H groups in total. The lowest BCUT2D eigenvalue weighted by molar-refractivity contribution is -0.112. The van der Waals surface area contributed by atoms with E-state index in [-0.39, 0.29) is 17.5 Å². The van der Waals surface area contributed by atoms with E-state index in [1.54, 1.807) is 6.20 Å². The van der Waals surface area contributed by atoms with Crippen LogP contribution in [-0.4, -0.2) is 29.9 Å². The highest BCUT2D eigenvalue weighted by Gasteiger charge is 2.19. The summed E-state index contributed by atoms with van der Waals surface area (Å²) in [6, 6.07) is 16.9. The number of nitriles is 1. The number of piperidine rings is 1. The van der Waals surface area contributed by atoms with Crippen molar-refractivity contribution in [1.29, 1.82) is 5.26 Å². The number of anilines is 1. The highest BCUT2D eigenvalue weighted by Crippen LogP contribution is 2.22. The lowest BCUT2D eigenvalue weighted by Crippen LogP contribution is -2.40. The number of amides is 1. The van der Waals surface area contributed by atoms with E-state index in [1.165, 1.54) is 5.56 Å². The van der Waals surface area contributed by atoms with E-state index < -0.39 is 0 Å². The van der Waals surface area contributed by atoms with Gasteiger partial charge in [0.1, 0.15) is 11.6 Å². The fourth-order valence-electron chi connectivity index (χ4n) is 4.01. The van der Waals surface area contributed by atoms with Crippen LogP contribution in [0.25, 0.3) is 0 Å². The van der Waals surface area contributed by atoms with E-state index in [0.29, 0.717) is 0 Å². The maximum Gasteiger partial charge on any atom is 0.267 e. The fourth-order valence-corrected chi connectivity index (χ4v) is 4.01. The molecule has 2 aromatic carbocycles. The fraction of sp³-hybridized carbons (Fsp3) is 0.360. The number of hydrogen-bond acceptors (Lipinski definition) is 4. The lowest BCUT2D eigenvalue weighted by Gasteiger charge is -2.32. The standard InChI is InChI=1S/C25H30N4O/c1-18-13-19(2)24(20(3)14-18)28-25(30)22(15-26)16-27-23-9-11-29(12-10-23)17-21-7-5-4-6-8-21/h4-8,13-14,16,23,27H,9-12,17H2,1-3H3,(H,28,30)/b22-16-. The third-order valence-electron chi connectivity index (χ3n) is 5.58. The number of nitrogens with one attached hydrogen (secondary N) is 2. The molecule has 0 bridgehead atoms. The van der Waals surface area contributed by atoms with Crippen LogP contribution in [0.1, 0.15) is 35.1 Å². The summed E-state index contributed by atoms with van der Waals surface area (Å²) < 4.78 is 0. The summed E-state index contributed by atoms with van der Waals surface area (Å²) in [4.78, 5) is 15.1. The van der Waals surface area contributed by atoms with Gasteiger partial charge in [-0.3, -0.25) is 9.69 Å². The van der Waals surface area contributed by atoms with Crippen molar-refractivity contribution in [3.8, 4) is 6.07 Å². The Balaban J connectivity index is 1.53. The van der Waals surface area contributed by atoms with Crippen molar-refractivity contribution in [3.05, 3.63) is 76.5 Å². The highest BCUT2D eigenvalue weighted by molar-refractivity contribution is 6.07. The van der Waals surface area contributed by atoms with E-state index in [9.17, 15) is 10.1 Å². The van der Waals surface area contributed by atoms with Crippen molar-refractivity contribution in [2.75, 3.05) is 18.4 Å². The number of benzene rings is 2. The molecule has 156 valence electrons. The van der Waals surface area contributed by atoms with E-state index in [4.69, 9.17) is 0 Å². The minimum Gasteiger partial charge on any atom is -0.387 e. The number of carbonyl (C=O) groups excluding carboxylic acids is 1. The minimum atomic E-state index is -0.374. The molecule has 0 aliphatic carbocycles. The van der Waals surface area contributed by atoms with E-state index in [0.717, 1.165) is 54.9 Å². The molecule has 3 rings (SSSR count). The van der Waals surface area contributed by atoms with Crippen molar-refractivity contribution in [1.82, 2.24) is 10.2 Å². The molecule has 1 aliphatic rings. The number of likely N-dealkylation sites (tertiary alicyclic amines) is 1. The molecule has 5 nitrogen and oxygen atoms in total. The molecule has 0 unspecified atom stereocenters. The molecule has 1 saturated heterocycles. The predicted molar refractivity (Wildman–Crippen MR) is 121 cm³/mol. The molecule has 1 amide bonds. The van der Waals surface area contributed by atoms with Gasteiger partial charge < -0.3 is 10.6 Å². The van der Waals surface area contributed by atoms with E-state index in [1.807, 2.05) is 45.0 Å². The van der Waals surface area contributed by atoms with Gasteiger partial charge >= 0.3 is 0 Å². The van der Waals surface area contributed by atoms with Crippen LogP contribution >= 0.6 is 0 Å². The lowest BCUT2D eigenvalue weighted by atomic mass is 10.0. The first kappa shape index (κ1) is 21.6. The number of nitrogens with zero attached hydrogens (tertiary/aromatic N) is 2. The predicted octanol–water partition coefficient (Wildman–Crippen LogP) is 4.21. The average Bonchev–Trinajstić information content (AvgIpc) is 2.73. The van der Waals surface area contributed by atoms with Crippen LogP contribution in [0.4, 0.5) is 5.69 Å². The van der Waals surface area contributed by atoms with Gasteiger partial charge in [0.15, 0.2) is 0 Å². The molecule has 2 aromatic rings. The topological polar surface area (TPSA) is 68.2 Å². The highest BCUT2D eigenvalue weighted by atomic mass is 16.1. The number of hydrogen-bond donors (Lipinski definition) is 2. The van der Waals surface area contributed by atoms with Crippen LogP contribution < -0.4 is 10.6 Å². The summed E-state index contributed by atoms with van der Waals surface area (Å²) in [6.45, 7) is 8.91. The van der Waals surface area contributed by atoms with Gasteiger partial charge in [0.25, 0.3) is 5.91 Å². The zero-order valence-electron chi connectivity index (χ0n) is 18.0. The SMILES string of the molecule is Cc1cc(C)c(NC(=O)/C(C#N)=C\NC2CCN(Cc3ccccc3)CC2)c(C)c1. The smallest absolute Gasteiger partial charge is 0.267 e. The molecule has 0 radical (unpaired) electrons. The van der Waals surface area contributed by atoms with Crippen molar-refractivity contribution >= 4 is 11.6 Å². The first-order chi connectivity index (χ1) is 14.5. The normalized spacial score (nSPS) is 15.5. The Morgan fingerprint density at radius 1 is 1.13 bits per heavy atom. The van der Waals surface area contributed by atoms with Crippen molar-refractivity contribution < 1.29 is 4.79 Å². The van der Waals surface area contributed by atoms with Gasteiger partial charge in [0, 0.05) is 37.6 Å². The minimum absolute atomic E-state index is 0.0982. The van der Waals surface area contributed by atoms with Crippen LogP contribution in [0.3, 0.4) is 0 Å². The number of rotatable bonds is 6. The third kappa shape index (κ3) is 5.71. The second-order valence-corrected chi connectivity index (χ2v) is 8.10. The molecule has 0 spiro atoms. The Morgan fingerprint density at radius 2 is 1.77 bits per heavy atom. The molecular weight excluding hydrogens is 372 g/mol. The number of aryl methyl sites for hydroxylation is 3. The van der Waals surface area contributed by atoms with Gasteiger partial charge in [-0.1, -0.05) is 48.0 Å². The first-order valence-corrected chi connectivity index (χ1v) is 10.5. The Kier molecular flexibility index (Phi) is 7.26. The molecular formula is C25H30N4O. The van der Waals surface area contributed by atoms with Gasteiger partial charge in [-0.05, 0) is 50.3 Å². The molecule has 1 heterocycles. The molecule has 0 atom stereocenters. The monoisotopic (exact) mass is 402 g/mol. The van der Waals surface area contributed by atoms with Crippen LogP contribution in [0.15, 0.2) is 54.2 Å². The zero-order valence-corrected chi connectivity index (χ0v) is 18.0. The van der Waals surface area contributed by atoms with Crippen LogP contribution in [0.5, 0.6) is 0 Å². The molecule has 0 aromatic heterocycles. The van der Waals surface area contributed by atoms with E-state index in [2.05, 4.69) is 39.8 Å². The van der Waals surface area contributed by atoms with Gasteiger partial charge in [-0.2, -0.15) is 5.26 Å². The van der Waals surface area contributed by atoms with Crippen molar-refractivity contribution in [2.24, 2.45) is 0 Å². The Morgan fingerprint density at radius 3 is 2.37 bits per heavy atom. The Labute approximate surface area is 179 Å². The van der Waals surface area contributed by atoms with Crippen molar-refractivity contribution in [2.45, 2.75) is 46.2 Å². The van der Waals surface area contributed by atoms with Crippen LogP contribution in [-0.2, 0) is 11.3 Å². The summed E-state index contributed by atoms with van der Waals surface area (Å²) in [7, 11) is 0.